The molecule has 0 aliphatic heterocycles. The fourth-order valence-corrected chi connectivity index (χ4v) is 2.42. The smallest absolute Gasteiger partial charge is 0.0141 e. The summed E-state index contributed by atoms with van der Waals surface area (Å²) in [6.45, 7) is 4.26. The van der Waals surface area contributed by atoms with Crippen molar-refractivity contribution in [3.05, 3.63) is 0 Å². The molecule has 14 heavy (non-hydrogen) atoms. The topological polar surface area (TPSA) is 38.0 Å². The fourth-order valence-electron chi connectivity index (χ4n) is 2.16. The monoisotopic (exact) mass is 216 g/mol. The summed E-state index contributed by atoms with van der Waals surface area (Å²) in [5, 5.41) is 4.39. The number of thioether (sulfide) groups is 1. The molecule has 1 rings (SSSR count). The first-order valence-electron chi connectivity index (χ1n) is 5.74. The summed E-state index contributed by atoms with van der Waals surface area (Å²) in [7, 11) is 0. The largest absolute Gasteiger partial charge is 0.330 e. The third-order valence-corrected chi connectivity index (χ3v) is 4.25. The summed E-state index contributed by atoms with van der Waals surface area (Å²) in [6, 6.07) is 0.684. The van der Waals surface area contributed by atoms with Crippen molar-refractivity contribution in [2.75, 3.05) is 19.3 Å². The fraction of sp³-hybridized carbons (Fsp3) is 1.00. The van der Waals surface area contributed by atoms with Crippen LogP contribution in [-0.4, -0.2) is 30.6 Å². The van der Waals surface area contributed by atoms with Gasteiger partial charge in [0.05, 0.1) is 0 Å². The van der Waals surface area contributed by atoms with Crippen LogP contribution >= 0.6 is 11.8 Å². The van der Waals surface area contributed by atoms with E-state index in [-0.39, 0.29) is 0 Å². The highest BCUT2D eigenvalue weighted by Crippen LogP contribution is 2.23. The Morgan fingerprint density at radius 2 is 2.14 bits per heavy atom. The summed E-state index contributed by atoms with van der Waals surface area (Å²) in [6.07, 6.45) is 7.57. The Bertz CT molecular complexity index is 152. The Morgan fingerprint density at radius 3 is 2.79 bits per heavy atom. The van der Waals surface area contributed by atoms with Crippen molar-refractivity contribution >= 4 is 11.8 Å². The molecule has 3 heteroatoms. The van der Waals surface area contributed by atoms with E-state index in [0.717, 1.165) is 24.3 Å². The maximum atomic E-state index is 5.79. The summed E-state index contributed by atoms with van der Waals surface area (Å²) in [5.41, 5.74) is 5.79. The van der Waals surface area contributed by atoms with Gasteiger partial charge in [-0.2, -0.15) is 11.8 Å². The lowest BCUT2D eigenvalue weighted by Gasteiger charge is -2.32. The van der Waals surface area contributed by atoms with E-state index in [4.69, 9.17) is 5.73 Å². The Balaban J connectivity index is 2.26. The predicted molar refractivity (Wildman–Crippen MR) is 65.8 cm³/mol. The van der Waals surface area contributed by atoms with Crippen LogP contribution in [0.25, 0.3) is 0 Å². The van der Waals surface area contributed by atoms with Crippen molar-refractivity contribution in [3.63, 3.8) is 0 Å². The minimum atomic E-state index is 0.684. The van der Waals surface area contributed by atoms with Crippen molar-refractivity contribution in [2.45, 2.75) is 43.9 Å². The van der Waals surface area contributed by atoms with Gasteiger partial charge in [0.15, 0.2) is 0 Å². The van der Waals surface area contributed by atoms with Crippen LogP contribution in [0.5, 0.6) is 0 Å². The highest BCUT2D eigenvalue weighted by Gasteiger charge is 2.23. The van der Waals surface area contributed by atoms with E-state index >= 15 is 0 Å². The molecule has 0 aromatic rings. The molecular weight excluding hydrogens is 192 g/mol. The van der Waals surface area contributed by atoms with E-state index in [0.29, 0.717) is 6.04 Å². The number of hydrogen-bond donors (Lipinski definition) is 2. The lowest BCUT2D eigenvalue weighted by molar-refractivity contribution is 0.269. The quantitative estimate of drug-likeness (QED) is 0.736. The summed E-state index contributed by atoms with van der Waals surface area (Å²) >= 11 is 1.93. The number of nitrogens with one attached hydrogen (secondary N) is 1. The summed E-state index contributed by atoms with van der Waals surface area (Å²) in [5.74, 6) is 0.720. The lowest BCUT2D eigenvalue weighted by Crippen LogP contribution is -2.43. The van der Waals surface area contributed by atoms with Crippen molar-refractivity contribution in [1.29, 1.82) is 0 Å². The van der Waals surface area contributed by atoms with Crippen LogP contribution < -0.4 is 11.1 Å². The molecule has 0 radical (unpaired) electrons. The van der Waals surface area contributed by atoms with Crippen LogP contribution in [0.3, 0.4) is 0 Å². The average molecular weight is 216 g/mol. The van der Waals surface area contributed by atoms with Crippen LogP contribution in [0.15, 0.2) is 0 Å². The van der Waals surface area contributed by atoms with Crippen molar-refractivity contribution in [1.82, 2.24) is 5.32 Å². The number of hydrogen-bond acceptors (Lipinski definition) is 3. The third kappa shape index (κ3) is 3.79. The van der Waals surface area contributed by atoms with E-state index in [1.54, 1.807) is 0 Å². The molecule has 3 unspecified atom stereocenters. The van der Waals surface area contributed by atoms with Crippen LogP contribution in [0.2, 0.25) is 0 Å². The highest BCUT2D eigenvalue weighted by atomic mass is 32.2. The molecule has 0 aromatic carbocycles. The molecule has 3 N–H and O–H groups in total. The van der Waals surface area contributed by atoms with Gasteiger partial charge in [0.25, 0.3) is 0 Å². The Kier molecular flexibility index (Phi) is 5.90. The van der Waals surface area contributed by atoms with E-state index in [1.807, 2.05) is 11.8 Å². The Hall–Kier alpha value is 0.270. The Labute approximate surface area is 92.4 Å². The minimum Gasteiger partial charge on any atom is -0.330 e. The molecule has 0 heterocycles. The normalized spacial score (nSPS) is 30.2. The average Bonchev–Trinajstić information content (AvgIpc) is 2.26. The standard InChI is InChI=1S/C11H24N2S/c1-9(14-2)8-13-11-6-4-3-5-10(11)7-12/h9-11,13H,3-8,12H2,1-2H3. The van der Waals surface area contributed by atoms with Crippen molar-refractivity contribution in [3.8, 4) is 0 Å². The molecule has 0 bridgehead atoms. The van der Waals surface area contributed by atoms with Crippen LogP contribution in [0.4, 0.5) is 0 Å². The zero-order chi connectivity index (χ0) is 10.4. The third-order valence-electron chi connectivity index (χ3n) is 3.28. The molecule has 2 nitrogen and oxygen atoms in total. The lowest BCUT2D eigenvalue weighted by atomic mass is 9.84. The van der Waals surface area contributed by atoms with Gasteiger partial charge in [-0.3, -0.25) is 0 Å². The van der Waals surface area contributed by atoms with E-state index in [9.17, 15) is 0 Å². The molecule has 0 amide bonds. The molecule has 0 spiro atoms. The Morgan fingerprint density at radius 1 is 1.43 bits per heavy atom. The predicted octanol–water partition coefficient (Wildman–Crippen LogP) is 1.84. The van der Waals surface area contributed by atoms with E-state index in [1.165, 1.54) is 25.7 Å². The van der Waals surface area contributed by atoms with Gasteiger partial charge in [-0.25, -0.2) is 0 Å². The molecule has 0 aromatic heterocycles. The SMILES string of the molecule is CSC(C)CNC1CCCCC1CN. The van der Waals surface area contributed by atoms with Crippen LogP contribution in [0.1, 0.15) is 32.6 Å². The zero-order valence-electron chi connectivity index (χ0n) is 9.46. The molecule has 0 saturated heterocycles. The minimum absolute atomic E-state index is 0.684. The summed E-state index contributed by atoms with van der Waals surface area (Å²) < 4.78 is 0. The maximum Gasteiger partial charge on any atom is 0.0141 e. The second-order valence-electron chi connectivity index (χ2n) is 4.34. The van der Waals surface area contributed by atoms with Gasteiger partial charge in [0, 0.05) is 17.8 Å². The maximum absolute atomic E-state index is 5.79. The number of rotatable bonds is 5. The van der Waals surface area contributed by atoms with E-state index < -0.39 is 0 Å². The molecule has 1 saturated carbocycles. The first-order valence-corrected chi connectivity index (χ1v) is 7.03. The summed E-state index contributed by atoms with van der Waals surface area (Å²) in [4.78, 5) is 0. The highest BCUT2D eigenvalue weighted by molar-refractivity contribution is 7.99. The van der Waals surface area contributed by atoms with Gasteiger partial charge >= 0.3 is 0 Å². The molecule has 84 valence electrons. The molecule has 3 atom stereocenters. The zero-order valence-corrected chi connectivity index (χ0v) is 10.3. The van der Waals surface area contributed by atoms with Gasteiger partial charge in [-0.15, -0.1) is 0 Å². The van der Waals surface area contributed by atoms with Gasteiger partial charge in [0.2, 0.25) is 0 Å². The molecular formula is C11H24N2S. The molecule has 1 aliphatic carbocycles. The number of nitrogens with two attached hydrogens (primary N) is 1. The molecule has 1 aliphatic rings. The molecule has 1 fully saturated rings. The first-order chi connectivity index (χ1) is 6.77. The van der Waals surface area contributed by atoms with Gasteiger partial charge in [-0.05, 0) is 31.6 Å². The van der Waals surface area contributed by atoms with Gasteiger partial charge in [-0.1, -0.05) is 19.8 Å². The van der Waals surface area contributed by atoms with Gasteiger partial charge in [0.1, 0.15) is 0 Å². The van der Waals surface area contributed by atoms with Crippen molar-refractivity contribution in [2.24, 2.45) is 11.7 Å². The first kappa shape index (κ1) is 12.3. The van der Waals surface area contributed by atoms with E-state index in [2.05, 4.69) is 18.5 Å². The second kappa shape index (κ2) is 6.70. The van der Waals surface area contributed by atoms with Crippen LogP contribution in [-0.2, 0) is 0 Å². The van der Waals surface area contributed by atoms with Crippen LogP contribution in [0, 0.1) is 5.92 Å². The second-order valence-corrected chi connectivity index (χ2v) is 5.62. The van der Waals surface area contributed by atoms with Gasteiger partial charge < -0.3 is 11.1 Å². The van der Waals surface area contributed by atoms with Crippen molar-refractivity contribution < 1.29 is 0 Å².